The van der Waals surface area contributed by atoms with Crippen LogP contribution in [0, 0.1) is 17.3 Å². The lowest BCUT2D eigenvalue weighted by atomic mass is 10.2. The Kier molecular flexibility index (Phi) is 2.79. The number of ether oxygens (including phenoxy) is 1. The van der Waals surface area contributed by atoms with E-state index in [1.54, 1.807) is 30.3 Å². The van der Waals surface area contributed by atoms with Crippen LogP contribution in [0.25, 0.3) is 0 Å². The molecule has 0 bridgehead atoms. The fourth-order valence-corrected chi connectivity index (χ4v) is 1.20. The van der Waals surface area contributed by atoms with Gasteiger partial charge in [-0.25, -0.2) is 0 Å². The van der Waals surface area contributed by atoms with Gasteiger partial charge < -0.3 is 4.74 Å². The molecule has 0 saturated carbocycles. The number of halogens is 1. The predicted octanol–water partition coefficient (Wildman–Crippen LogP) is 2.88. The van der Waals surface area contributed by atoms with E-state index in [4.69, 9.17) is 10.00 Å². The van der Waals surface area contributed by atoms with Crippen molar-refractivity contribution in [1.29, 1.82) is 5.26 Å². The average molecular weight is 214 g/mol. The Hall–Kier alpha value is -2.41. The van der Waals surface area contributed by atoms with Crippen molar-refractivity contribution in [2.45, 2.75) is 0 Å². The third kappa shape index (κ3) is 2.34. The van der Waals surface area contributed by atoms with Gasteiger partial charge in [-0.3, -0.25) is 0 Å². The first-order chi connectivity index (χ1) is 7.78. The van der Waals surface area contributed by atoms with Crippen molar-refractivity contribution >= 4 is 0 Å². The number of aromatic nitrogens is 1. The third-order valence-corrected chi connectivity index (χ3v) is 1.88. The monoisotopic (exact) mass is 214 g/mol. The molecule has 0 N–H and O–H groups in total. The van der Waals surface area contributed by atoms with Crippen molar-refractivity contribution in [3.8, 4) is 17.7 Å². The molecule has 3 nitrogen and oxygen atoms in total. The number of hydrogen-bond donors (Lipinski definition) is 0. The summed E-state index contributed by atoms with van der Waals surface area (Å²) in [5, 5.41) is 8.69. The van der Waals surface area contributed by atoms with Crippen molar-refractivity contribution < 1.29 is 9.13 Å². The third-order valence-electron chi connectivity index (χ3n) is 1.88. The molecule has 1 aromatic heterocycles. The summed E-state index contributed by atoms with van der Waals surface area (Å²) in [4.78, 5) is 3.55. The van der Waals surface area contributed by atoms with Crippen LogP contribution in [0.2, 0.25) is 0 Å². The van der Waals surface area contributed by atoms with E-state index in [9.17, 15) is 4.39 Å². The normalized spacial score (nSPS) is 9.50. The maximum atomic E-state index is 12.8. The fourth-order valence-electron chi connectivity index (χ4n) is 1.20. The fraction of sp³-hybridized carbons (Fsp3) is 0. The van der Waals surface area contributed by atoms with E-state index in [2.05, 4.69) is 4.98 Å². The first-order valence-electron chi connectivity index (χ1n) is 4.58. The van der Waals surface area contributed by atoms with E-state index in [1.807, 2.05) is 6.07 Å². The second kappa shape index (κ2) is 4.41. The molecule has 2 rings (SSSR count). The number of rotatable bonds is 2. The molecule has 0 atom stereocenters. The highest BCUT2D eigenvalue weighted by Crippen LogP contribution is 2.20. The molecule has 16 heavy (non-hydrogen) atoms. The van der Waals surface area contributed by atoms with Gasteiger partial charge in [-0.2, -0.15) is 14.6 Å². The van der Waals surface area contributed by atoms with E-state index in [-0.39, 0.29) is 5.88 Å². The van der Waals surface area contributed by atoms with Gasteiger partial charge in [0.25, 0.3) is 0 Å². The minimum atomic E-state index is -0.603. The first kappa shape index (κ1) is 10.1. The van der Waals surface area contributed by atoms with Crippen molar-refractivity contribution in [3.05, 3.63) is 54.0 Å². The minimum absolute atomic E-state index is 0.162. The SMILES string of the molecule is N#Cc1cccc(Oc2cccc(F)n2)c1. The summed E-state index contributed by atoms with van der Waals surface area (Å²) < 4.78 is 18.1. The van der Waals surface area contributed by atoms with Crippen molar-refractivity contribution in [2.75, 3.05) is 0 Å². The molecule has 1 aromatic carbocycles. The highest BCUT2D eigenvalue weighted by atomic mass is 19.1. The van der Waals surface area contributed by atoms with E-state index < -0.39 is 5.95 Å². The lowest BCUT2D eigenvalue weighted by molar-refractivity contribution is 0.445. The van der Waals surface area contributed by atoms with Crippen LogP contribution in [0.1, 0.15) is 5.56 Å². The molecule has 0 amide bonds. The van der Waals surface area contributed by atoms with Gasteiger partial charge in [0, 0.05) is 6.07 Å². The van der Waals surface area contributed by atoms with Gasteiger partial charge in [0.2, 0.25) is 11.8 Å². The first-order valence-corrected chi connectivity index (χ1v) is 4.58. The molecule has 2 aromatic rings. The van der Waals surface area contributed by atoms with E-state index >= 15 is 0 Å². The Bertz CT molecular complexity index is 549. The maximum absolute atomic E-state index is 12.8. The van der Waals surface area contributed by atoms with E-state index in [0.717, 1.165) is 0 Å². The highest BCUT2D eigenvalue weighted by Gasteiger charge is 2.00. The van der Waals surface area contributed by atoms with Crippen molar-refractivity contribution in [1.82, 2.24) is 4.98 Å². The summed E-state index contributed by atoms with van der Waals surface area (Å²) in [7, 11) is 0. The zero-order valence-corrected chi connectivity index (χ0v) is 8.22. The minimum Gasteiger partial charge on any atom is -0.439 e. The molecular formula is C12H7FN2O. The van der Waals surface area contributed by atoms with Crippen LogP contribution < -0.4 is 4.74 Å². The van der Waals surface area contributed by atoms with Gasteiger partial charge in [-0.05, 0) is 24.3 Å². The number of pyridine rings is 1. The zero-order chi connectivity index (χ0) is 11.4. The molecule has 78 valence electrons. The quantitative estimate of drug-likeness (QED) is 0.722. The molecule has 0 aliphatic rings. The summed E-state index contributed by atoms with van der Waals surface area (Å²) in [6.07, 6.45) is 0. The highest BCUT2D eigenvalue weighted by molar-refractivity contribution is 5.37. The van der Waals surface area contributed by atoms with E-state index in [0.29, 0.717) is 11.3 Å². The Morgan fingerprint density at radius 1 is 1.19 bits per heavy atom. The van der Waals surface area contributed by atoms with Gasteiger partial charge in [0.05, 0.1) is 11.6 Å². The Balaban J connectivity index is 2.24. The molecule has 0 fully saturated rings. The van der Waals surface area contributed by atoms with Crippen LogP contribution in [-0.2, 0) is 0 Å². The molecule has 4 heteroatoms. The summed E-state index contributed by atoms with van der Waals surface area (Å²) in [6, 6.07) is 12.9. The second-order valence-corrected chi connectivity index (χ2v) is 3.04. The summed E-state index contributed by atoms with van der Waals surface area (Å²) in [5.41, 5.74) is 0.480. The number of benzene rings is 1. The second-order valence-electron chi connectivity index (χ2n) is 3.04. The Labute approximate surface area is 91.7 Å². The summed E-state index contributed by atoms with van der Waals surface area (Å²) in [5.74, 6) is 0.0150. The van der Waals surface area contributed by atoms with E-state index in [1.165, 1.54) is 12.1 Å². The van der Waals surface area contributed by atoms with Crippen LogP contribution in [-0.4, -0.2) is 4.98 Å². The molecule has 0 saturated heterocycles. The maximum Gasteiger partial charge on any atom is 0.221 e. The molecular weight excluding hydrogens is 207 g/mol. The Morgan fingerprint density at radius 2 is 2.00 bits per heavy atom. The molecule has 0 aliphatic carbocycles. The number of hydrogen-bond acceptors (Lipinski definition) is 3. The molecule has 0 spiro atoms. The Morgan fingerprint density at radius 3 is 2.75 bits per heavy atom. The number of nitriles is 1. The van der Waals surface area contributed by atoms with Gasteiger partial charge in [0.15, 0.2) is 0 Å². The summed E-state index contributed by atoms with van der Waals surface area (Å²) in [6.45, 7) is 0. The standard InChI is InChI=1S/C12H7FN2O/c13-11-5-2-6-12(15-11)16-10-4-1-3-9(7-10)8-14/h1-7H. The largest absolute Gasteiger partial charge is 0.439 e. The molecule has 0 unspecified atom stereocenters. The summed E-state index contributed by atoms with van der Waals surface area (Å²) >= 11 is 0. The van der Waals surface area contributed by atoms with Crippen LogP contribution in [0.5, 0.6) is 11.6 Å². The van der Waals surface area contributed by atoms with Crippen LogP contribution in [0.3, 0.4) is 0 Å². The lowest BCUT2D eigenvalue weighted by Gasteiger charge is -2.03. The molecule has 0 radical (unpaired) electrons. The predicted molar refractivity (Wildman–Crippen MR) is 55.4 cm³/mol. The van der Waals surface area contributed by atoms with Gasteiger partial charge >= 0.3 is 0 Å². The van der Waals surface area contributed by atoms with Gasteiger partial charge in [-0.1, -0.05) is 12.1 Å². The number of nitrogens with zero attached hydrogens (tertiary/aromatic N) is 2. The topological polar surface area (TPSA) is 45.9 Å². The smallest absolute Gasteiger partial charge is 0.221 e. The lowest BCUT2D eigenvalue weighted by Crippen LogP contribution is -1.90. The zero-order valence-electron chi connectivity index (χ0n) is 8.22. The van der Waals surface area contributed by atoms with Crippen molar-refractivity contribution in [2.24, 2.45) is 0 Å². The van der Waals surface area contributed by atoms with Gasteiger partial charge in [0.1, 0.15) is 5.75 Å². The van der Waals surface area contributed by atoms with Gasteiger partial charge in [-0.15, -0.1) is 0 Å². The van der Waals surface area contributed by atoms with Crippen LogP contribution in [0.15, 0.2) is 42.5 Å². The average Bonchev–Trinajstić information content (AvgIpc) is 2.29. The van der Waals surface area contributed by atoms with Crippen molar-refractivity contribution in [3.63, 3.8) is 0 Å². The molecule has 1 heterocycles. The van der Waals surface area contributed by atoms with Crippen LogP contribution >= 0.6 is 0 Å². The van der Waals surface area contributed by atoms with Crippen LogP contribution in [0.4, 0.5) is 4.39 Å². The molecule has 0 aliphatic heterocycles.